The Morgan fingerprint density at radius 1 is 1.13 bits per heavy atom. The number of ether oxygens (including phenoxy) is 1. The normalized spacial score (nSPS) is 21.4. The maximum absolute atomic E-state index is 12.6. The number of carbonyl (C=O) groups is 1. The van der Waals surface area contributed by atoms with Crippen molar-refractivity contribution in [3.63, 3.8) is 0 Å². The zero-order valence-corrected chi connectivity index (χ0v) is 14.0. The van der Waals surface area contributed by atoms with Gasteiger partial charge in [0.15, 0.2) is 0 Å². The van der Waals surface area contributed by atoms with Crippen LogP contribution < -0.4 is 4.90 Å². The predicted octanol–water partition coefficient (Wildman–Crippen LogP) is 2.91. The van der Waals surface area contributed by atoms with Crippen molar-refractivity contribution in [2.24, 2.45) is 0 Å². The van der Waals surface area contributed by atoms with Crippen LogP contribution in [0.3, 0.4) is 0 Å². The maximum Gasteiger partial charge on any atom is 0.242 e. The van der Waals surface area contributed by atoms with Crippen LogP contribution in [0.2, 0.25) is 0 Å². The molecule has 2 atom stereocenters. The quantitative estimate of drug-likeness (QED) is 0.873. The van der Waals surface area contributed by atoms with Gasteiger partial charge < -0.3 is 14.5 Å². The molecule has 1 aliphatic rings. The highest BCUT2D eigenvalue weighted by atomic mass is 16.5. The SMILES string of the molecule is CC1CN(C(=O)CN(C)c2cccc3ccccc23)CC(C)O1. The fraction of sp³-hybridized carbons (Fsp3) is 0.421. The van der Waals surface area contributed by atoms with Crippen LogP contribution in [0.25, 0.3) is 10.8 Å². The van der Waals surface area contributed by atoms with Gasteiger partial charge in [0.2, 0.25) is 5.91 Å². The Hall–Kier alpha value is -2.07. The number of anilines is 1. The minimum absolute atomic E-state index is 0.102. The lowest BCUT2D eigenvalue weighted by molar-refractivity contribution is -0.141. The van der Waals surface area contributed by atoms with Crippen molar-refractivity contribution in [2.75, 3.05) is 31.6 Å². The molecule has 1 heterocycles. The summed E-state index contributed by atoms with van der Waals surface area (Å²) in [4.78, 5) is 16.6. The summed E-state index contributed by atoms with van der Waals surface area (Å²) in [5, 5.41) is 2.37. The zero-order valence-electron chi connectivity index (χ0n) is 14.0. The standard InChI is InChI=1S/C19H24N2O2/c1-14-11-21(12-15(2)23-14)19(22)13-20(3)18-10-6-8-16-7-4-5-9-17(16)18/h4-10,14-15H,11-13H2,1-3H3. The summed E-state index contributed by atoms with van der Waals surface area (Å²) in [7, 11) is 1.98. The van der Waals surface area contributed by atoms with Crippen molar-refractivity contribution >= 4 is 22.4 Å². The summed E-state index contributed by atoms with van der Waals surface area (Å²) in [6, 6.07) is 14.5. The number of hydrogen-bond acceptors (Lipinski definition) is 3. The molecule has 0 spiro atoms. The van der Waals surface area contributed by atoms with E-state index in [1.54, 1.807) is 0 Å². The number of morpholine rings is 1. The van der Waals surface area contributed by atoms with Crippen LogP contribution in [0.5, 0.6) is 0 Å². The fourth-order valence-corrected chi connectivity index (χ4v) is 3.31. The minimum atomic E-state index is 0.102. The Balaban J connectivity index is 1.75. The molecule has 4 heteroatoms. The van der Waals surface area contributed by atoms with Crippen LogP contribution >= 0.6 is 0 Å². The first-order chi connectivity index (χ1) is 11.0. The van der Waals surface area contributed by atoms with Crippen molar-refractivity contribution < 1.29 is 9.53 Å². The van der Waals surface area contributed by atoms with Crippen LogP contribution in [0.4, 0.5) is 5.69 Å². The molecule has 0 N–H and O–H groups in total. The third-order valence-electron chi connectivity index (χ3n) is 4.32. The Morgan fingerprint density at radius 3 is 2.52 bits per heavy atom. The fourth-order valence-electron chi connectivity index (χ4n) is 3.31. The molecule has 1 amide bonds. The summed E-state index contributed by atoms with van der Waals surface area (Å²) in [6.45, 7) is 5.77. The molecule has 0 aliphatic carbocycles. The van der Waals surface area contributed by atoms with Crippen molar-refractivity contribution in [3.05, 3.63) is 42.5 Å². The lowest BCUT2D eigenvalue weighted by Gasteiger charge is -2.36. The second-order valence-corrected chi connectivity index (χ2v) is 6.41. The number of hydrogen-bond donors (Lipinski definition) is 0. The van der Waals surface area contributed by atoms with Crippen molar-refractivity contribution in [2.45, 2.75) is 26.1 Å². The maximum atomic E-state index is 12.6. The van der Waals surface area contributed by atoms with Gasteiger partial charge in [-0.2, -0.15) is 0 Å². The zero-order chi connectivity index (χ0) is 16.4. The van der Waals surface area contributed by atoms with E-state index in [0.29, 0.717) is 19.6 Å². The number of fused-ring (bicyclic) bond motifs is 1. The number of carbonyl (C=O) groups excluding carboxylic acids is 1. The summed E-state index contributed by atoms with van der Waals surface area (Å²) in [5.41, 5.74) is 1.09. The minimum Gasteiger partial charge on any atom is -0.372 e. The number of likely N-dealkylation sites (N-methyl/N-ethyl adjacent to an activating group) is 1. The number of amides is 1. The molecule has 4 nitrogen and oxygen atoms in total. The highest BCUT2D eigenvalue weighted by Gasteiger charge is 2.26. The van der Waals surface area contributed by atoms with Gasteiger partial charge in [-0.05, 0) is 25.3 Å². The summed E-state index contributed by atoms with van der Waals surface area (Å²) in [6.07, 6.45) is 0.205. The third kappa shape index (κ3) is 3.48. The molecule has 23 heavy (non-hydrogen) atoms. The van der Waals surface area contributed by atoms with Crippen molar-refractivity contribution in [1.29, 1.82) is 0 Å². The highest BCUT2D eigenvalue weighted by molar-refractivity contribution is 5.95. The van der Waals surface area contributed by atoms with Gasteiger partial charge in [-0.1, -0.05) is 36.4 Å². The van der Waals surface area contributed by atoms with E-state index in [1.807, 2.05) is 48.9 Å². The molecule has 3 rings (SSSR count). The average molecular weight is 312 g/mol. The van der Waals surface area contributed by atoms with Crippen LogP contribution in [0.1, 0.15) is 13.8 Å². The monoisotopic (exact) mass is 312 g/mol. The second-order valence-electron chi connectivity index (χ2n) is 6.41. The molecule has 1 fully saturated rings. The van der Waals surface area contributed by atoms with Gasteiger partial charge in [0.1, 0.15) is 0 Å². The van der Waals surface area contributed by atoms with E-state index < -0.39 is 0 Å². The van der Waals surface area contributed by atoms with Crippen molar-refractivity contribution in [3.8, 4) is 0 Å². The van der Waals surface area contributed by atoms with Gasteiger partial charge in [0, 0.05) is 31.2 Å². The Labute approximate surface area is 137 Å². The van der Waals surface area contributed by atoms with Crippen LogP contribution in [0.15, 0.2) is 42.5 Å². The van der Waals surface area contributed by atoms with Crippen molar-refractivity contribution in [1.82, 2.24) is 4.90 Å². The smallest absolute Gasteiger partial charge is 0.242 e. The van der Waals surface area contributed by atoms with Gasteiger partial charge in [-0.25, -0.2) is 0 Å². The molecule has 0 radical (unpaired) electrons. The largest absolute Gasteiger partial charge is 0.372 e. The molecule has 122 valence electrons. The van der Waals surface area contributed by atoms with Gasteiger partial charge >= 0.3 is 0 Å². The first-order valence-corrected chi connectivity index (χ1v) is 8.16. The van der Waals surface area contributed by atoms with Crippen LogP contribution in [0, 0.1) is 0 Å². The van der Waals surface area contributed by atoms with Crippen LogP contribution in [-0.2, 0) is 9.53 Å². The van der Waals surface area contributed by atoms with Crippen LogP contribution in [-0.4, -0.2) is 49.7 Å². The highest BCUT2D eigenvalue weighted by Crippen LogP contribution is 2.25. The molecule has 0 bridgehead atoms. The van der Waals surface area contributed by atoms with E-state index in [1.165, 1.54) is 10.8 Å². The first-order valence-electron chi connectivity index (χ1n) is 8.16. The van der Waals surface area contributed by atoms with E-state index in [4.69, 9.17) is 4.74 Å². The van der Waals surface area contributed by atoms with E-state index in [-0.39, 0.29) is 18.1 Å². The molecule has 2 unspecified atom stereocenters. The molecule has 2 aromatic rings. The van der Waals surface area contributed by atoms with Gasteiger partial charge in [-0.3, -0.25) is 4.79 Å². The summed E-state index contributed by atoms with van der Waals surface area (Å²) < 4.78 is 5.71. The number of benzene rings is 2. The Bertz CT molecular complexity index is 685. The summed E-state index contributed by atoms with van der Waals surface area (Å²) in [5.74, 6) is 0.155. The molecule has 1 saturated heterocycles. The van der Waals surface area contributed by atoms with E-state index in [0.717, 1.165) is 5.69 Å². The lowest BCUT2D eigenvalue weighted by Crippen LogP contribution is -2.50. The summed E-state index contributed by atoms with van der Waals surface area (Å²) >= 11 is 0. The first kappa shape index (κ1) is 15.8. The molecule has 2 aromatic carbocycles. The number of nitrogens with zero attached hydrogens (tertiary/aromatic N) is 2. The molecular weight excluding hydrogens is 288 g/mol. The van der Waals surface area contributed by atoms with Gasteiger partial charge in [0.05, 0.1) is 18.8 Å². The Kier molecular flexibility index (Phi) is 4.53. The van der Waals surface area contributed by atoms with E-state index in [2.05, 4.69) is 24.3 Å². The molecular formula is C19H24N2O2. The second kappa shape index (κ2) is 6.59. The molecule has 1 aliphatic heterocycles. The Morgan fingerprint density at radius 2 is 1.78 bits per heavy atom. The van der Waals surface area contributed by atoms with E-state index in [9.17, 15) is 4.79 Å². The average Bonchev–Trinajstić information content (AvgIpc) is 2.53. The van der Waals surface area contributed by atoms with Gasteiger partial charge in [-0.15, -0.1) is 0 Å². The predicted molar refractivity (Wildman–Crippen MR) is 93.8 cm³/mol. The molecule has 0 aromatic heterocycles. The van der Waals surface area contributed by atoms with E-state index >= 15 is 0 Å². The lowest BCUT2D eigenvalue weighted by atomic mass is 10.1. The third-order valence-corrected chi connectivity index (χ3v) is 4.32. The van der Waals surface area contributed by atoms with Gasteiger partial charge in [0.25, 0.3) is 0 Å². The number of rotatable bonds is 3. The topological polar surface area (TPSA) is 32.8 Å². The molecule has 0 saturated carbocycles.